The van der Waals surface area contributed by atoms with Gasteiger partial charge in [0.05, 0.1) is 0 Å². The molecular weight excluding hydrogens is 230 g/mol. The van der Waals surface area contributed by atoms with Gasteiger partial charge in [-0.3, -0.25) is 0 Å². The Labute approximate surface area is 118 Å². The molecule has 1 nitrogen and oxygen atoms in total. The minimum absolute atomic E-state index is 0.832. The molecule has 0 amide bonds. The molecule has 1 saturated carbocycles. The normalized spacial score (nSPS) is 28.6. The first-order valence-electron chi connectivity index (χ1n) is 8.19. The smallest absolute Gasteiger partial charge is 0.00161 e. The van der Waals surface area contributed by atoms with Crippen molar-refractivity contribution in [3.05, 3.63) is 35.9 Å². The van der Waals surface area contributed by atoms with E-state index in [4.69, 9.17) is 0 Å². The Morgan fingerprint density at radius 2 is 1.74 bits per heavy atom. The second kappa shape index (κ2) is 6.56. The van der Waals surface area contributed by atoms with Crippen LogP contribution in [0.2, 0.25) is 0 Å². The fourth-order valence-electron chi connectivity index (χ4n) is 3.95. The van der Waals surface area contributed by atoms with Crippen LogP contribution in [-0.4, -0.2) is 24.5 Å². The second-order valence-electron chi connectivity index (χ2n) is 6.48. The van der Waals surface area contributed by atoms with Crippen molar-refractivity contribution >= 4 is 0 Å². The lowest BCUT2D eigenvalue weighted by Crippen LogP contribution is -2.24. The van der Waals surface area contributed by atoms with Gasteiger partial charge in [-0.05, 0) is 69.1 Å². The first-order chi connectivity index (χ1) is 9.42. The van der Waals surface area contributed by atoms with E-state index >= 15 is 0 Å². The zero-order chi connectivity index (χ0) is 12.9. The summed E-state index contributed by atoms with van der Waals surface area (Å²) in [5, 5.41) is 0. The van der Waals surface area contributed by atoms with E-state index in [1.807, 2.05) is 0 Å². The molecule has 0 radical (unpaired) electrons. The molecule has 0 spiro atoms. The van der Waals surface area contributed by atoms with Crippen LogP contribution in [-0.2, 0) is 0 Å². The average Bonchev–Trinajstić information content (AvgIpc) is 3.00. The molecule has 1 aliphatic carbocycles. The third kappa shape index (κ3) is 3.60. The van der Waals surface area contributed by atoms with E-state index in [1.165, 1.54) is 64.6 Å². The van der Waals surface area contributed by atoms with Crippen LogP contribution in [0.4, 0.5) is 0 Å². The van der Waals surface area contributed by atoms with E-state index in [2.05, 4.69) is 35.2 Å². The van der Waals surface area contributed by atoms with Crippen LogP contribution in [0.5, 0.6) is 0 Å². The van der Waals surface area contributed by atoms with E-state index in [9.17, 15) is 0 Å². The summed E-state index contributed by atoms with van der Waals surface area (Å²) in [6.45, 7) is 4.07. The quantitative estimate of drug-likeness (QED) is 0.770. The maximum absolute atomic E-state index is 2.67. The highest BCUT2D eigenvalue weighted by Gasteiger charge is 2.23. The summed E-state index contributed by atoms with van der Waals surface area (Å²) < 4.78 is 0. The minimum Gasteiger partial charge on any atom is -0.303 e. The standard InChI is InChI=1S/C18H27N/c1-2-8-17(9-3-1)18-10-6-7-16(15-18)11-14-19-12-4-5-13-19/h1-3,8-9,16,18H,4-7,10-15H2/t16-,18+/m0/s1. The molecule has 0 bridgehead atoms. The van der Waals surface area contributed by atoms with Crippen molar-refractivity contribution in [2.24, 2.45) is 5.92 Å². The molecule has 1 aromatic carbocycles. The van der Waals surface area contributed by atoms with Crippen molar-refractivity contribution in [1.29, 1.82) is 0 Å². The largest absolute Gasteiger partial charge is 0.303 e. The summed E-state index contributed by atoms with van der Waals surface area (Å²) in [5.41, 5.74) is 1.58. The number of nitrogens with zero attached hydrogens (tertiary/aromatic N) is 1. The van der Waals surface area contributed by atoms with Crippen LogP contribution < -0.4 is 0 Å². The molecule has 1 aromatic rings. The summed E-state index contributed by atoms with van der Waals surface area (Å²) in [4.78, 5) is 2.67. The molecule has 2 fully saturated rings. The number of benzene rings is 1. The molecule has 0 N–H and O–H groups in total. The van der Waals surface area contributed by atoms with Crippen molar-refractivity contribution in [1.82, 2.24) is 4.90 Å². The van der Waals surface area contributed by atoms with E-state index in [1.54, 1.807) is 5.56 Å². The molecule has 0 aromatic heterocycles. The van der Waals surface area contributed by atoms with Gasteiger partial charge < -0.3 is 4.90 Å². The van der Waals surface area contributed by atoms with Gasteiger partial charge in [-0.25, -0.2) is 0 Å². The SMILES string of the molecule is c1ccc([C@@H]2CCC[C@@H](CCN3CCCC3)C2)cc1. The third-order valence-electron chi connectivity index (χ3n) is 5.11. The highest BCUT2D eigenvalue weighted by molar-refractivity contribution is 5.19. The Hall–Kier alpha value is -0.820. The fraction of sp³-hybridized carbons (Fsp3) is 0.667. The molecule has 2 aliphatic rings. The maximum Gasteiger partial charge on any atom is -0.00161 e. The molecular formula is C18H27N. The monoisotopic (exact) mass is 257 g/mol. The third-order valence-corrected chi connectivity index (χ3v) is 5.11. The lowest BCUT2D eigenvalue weighted by atomic mass is 9.77. The lowest BCUT2D eigenvalue weighted by molar-refractivity contribution is 0.252. The van der Waals surface area contributed by atoms with Crippen LogP contribution in [0.3, 0.4) is 0 Å². The Kier molecular flexibility index (Phi) is 4.55. The van der Waals surface area contributed by atoms with Crippen LogP contribution in [0.1, 0.15) is 56.4 Å². The summed E-state index contributed by atoms with van der Waals surface area (Å²) in [6, 6.07) is 11.2. The average molecular weight is 257 g/mol. The van der Waals surface area contributed by atoms with E-state index in [0.717, 1.165) is 11.8 Å². The summed E-state index contributed by atoms with van der Waals surface area (Å²) in [5.74, 6) is 1.80. The van der Waals surface area contributed by atoms with Gasteiger partial charge in [0.1, 0.15) is 0 Å². The molecule has 1 saturated heterocycles. The first kappa shape index (κ1) is 13.2. The Morgan fingerprint density at radius 3 is 2.53 bits per heavy atom. The summed E-state index contributed by atoms with van der Waals surface area (Å²) in [6.07, 6.45) is 10.0. The molecule has 104 valence electrons. The first-order valence-corrected chi connectivity index (χ1v) is 8.19. The summed E-state index contributed by atoms with van der Waals surface area (Å²) in [7, 11) is 0. The van der Waals surface area contributed by atoms with Crippen molar-refractivity contribution < 1.29 is 0 Å². The maximum atomic E-state index is 2.67. The Bertz CT molecular complexity index is 367. The van der Waals surface area contributed by atoms with Gasteiger partial charge in [-0.2, -0.15) is 0 Å². The zero-order valence-corrected chi connectivity index (χ0v) is 12.1. The Balaban J connectivity index is 1.50. The van der Waals surface area contributed by atoms with Crippen LogP contribution in [0, 0.1) is 5.92 Å². The molecule has 1 heteroatoms. The molecule has 1 aliphatic heterocycles. The number of rotatable bonds is 4. The van der Waals surface area contributed by atoms with Crippen molar-refractivity contribution in [3.63, 3.8) is 0 Å². The fourth-order valence-corrected chi connectivity index (χ4v) is 3.95. The number of likely N-dealkylation sites (tertiary alicyclic amines) is 1. The topological polar surface area (TPSA) is 3.24 Å². The van der Waals surface area contributed by atoms with Crippen LogP contribution in [0.25, 0.3) is 0 Å². The number of hydrogen-bond donors (Lipinski definition) is 0. The summed E-state index contributed by atoms with van der Waals surface area (Å²) >= 11 is 0. The molecule has 3 rings (SSSR count). The molecule has 0 unspecified atom stereocenters. The van der Waals surface area contributed by atoms with Crippen LogP contribution >= 0.6 is 0 Å². The minimum atomic E-state index is 0.832. The van der Waals surface area contributed by atoms with E-state index in [-0.39, 0.29) is 0 Å². The van der Waals surface area contributed by atoms with Crippen molar-refractivity contribution in [2.75, 3.05) is 19.6 Å². The van der Waals surface area contributed by atoms with Gasteiger partial charge >= 0.3 is 0 Å². The van der Waals surface area contributed by atoms with Crippen molar-refractivity contribution in [3.8, 4) is 0 Å². The van der Waals surface area contributed by atoms with Gasteiger partial charge in [0, 0.05) is 0 Å². The Morgan fingerprint density at radius 1 is 0.947 bits per heavy atom. The van der Waals surface area contributed by atoms with Crippen molar-refractivity contribution in [2.45, 2.75) is 50.9 Å². The molecule has 2 atom stereocenters. The van der Waals surface area contributed by atoms with Gasteiger partial charge in [0.2, 0.25) is 0 Å². The number of hydrogen-bond acceptors (Lipinski definition) is 1. The predicted octanol–water partition coefficient (Wildman–Crippen LogP) is 4.45. The van der Waals surface area contributed by atoms with E-state index < -0.39 is 0 Å². The van der Waals surface area contributed by atoms with Gasteiger partial charge in [0.15, 0.2) is 0 Å². The molecule has 19 heavy (non-hydrogen) atoms. The highest BCUT2D eigenvalue weighted by Crippen LogP contribution is 2.37. The zero-order valence-electron chi connectivity index (χ0n) is 12.1. The second-order valence-corrected chi connectivity index (χ2v) is 6.48. The predicted molar refractivity (Wildman–Crippen MR) is 81.4 cm³/mol. The van der Waals surface area contributed by atoms with Gasteiger partial charge in [0.25, 0.3) is 0 Å². The highest BCUT2D eigenvalue weighted by atomic mass is 15.1. The van der Waals surface area contributed by atoms with Gasteiger partial charge in [-0.15, -0.1) is 0 Å². The molecule has 1 heterocycles. The van der Waals surface area contributed by atoms with Gasteiger partial charge in [-0.1, -0.05) is 43.2 Å². The lowest BCUT2D eigenvalue weighted by Gasteiger charge is -2.30. The van der Waals surface area contributed by atoms with E-state index in [0.29, 0.717) is 0 Å². The van der Waals surface area contributed by atoms with Crippen LogP contribution in [0.15, 0.2) is 30.3 Å².